The standard InChI is InChI=1S/C17H15Br2NO4/c1-2-23-16-10-13(7-8-20(21)22)9-15(19)17(16)24-11-12-3-5-14(18)6-4-12/h3-10H,2,11H2,1H3/b8-7+. The predicted octanol–water partition coefficient (Wildman–Crippen LogP) is 5.44. The van der Waals surface area contributed by atoms with Crippen molar-refractivity contribution in [2.45, 2.75) is 13.5 Å². The molecule has 0 unspecified atom stereocenters. The van der Waals surface area contributed by atoms with Crippen molar-refractivity contribution >= 4 is 37.9 Å². The van der Waals surface area contributed by atoms with Crippen molar-refractivity contribution in [2.75, 3.05) is 6.61 Å². The maximum atomic E-state index is 10.5. The maximum Gasteiger partial charge on any atom is 0.235 e. The number of nitro groups is 1. The first-order valence-electron chi connectivity index (χ1n) is 7.15. The van der Waals surface area contributed by atoms with Crippen LogP contribution in [0.25, 0.3) is 6.08 Å². The van der Waals surface area contributed by atoms with Gasteiger partial charge < -0.3 is 9.47 Å². The molecule has 126 valence electrons. The molecule has 2 aromatic carbocycles. The van der Waals surface area contributed by atoms with Gasteiger partial charge in [0, 0.05) is 10.5 Å². The van der Waals surface area contributed by atoms with Crippen LogP contribution in [0.4, 0.5) is 0 Å². The average molecular weight is 457 g/mol. The lowest BCUT2D eigenvalue weighted by atomic mass is 10.2. The van der Waals surface area contributed by atoms with Gasteiger partial charge >= 0.3 is 0 Å². The van der Waals surface area contributed by atoms with E-state index < -0.39 is 4.92 Å². The summed E-state index contributed by atoms with van der Waals surface area (Å²) >= 11 is 6.84. The number of rotatable bonds is 7. The molecule has 0 aromatic heterocycles. The molecule has 0 fully saturated rings. The Morgan fingerprint density at radius 3 is 2.50 bits per heavy atom. The molecule has 5 nitrogen and oxygen atoms in total. The van der Waals surface area contributed by atoms with Gasteiger partial charge in [-0.15, -0.1) is 0 Å². The van der Waals surface area contributed by atoms with E-state index in [2.05, 4.69) is 31.9 Å². The molecule has 0 radical (unpaired) electrons. The van der Waals surface area contributed by atoms with Crippen molar-refractivity contribution in [1.82, 2.24) is 0 Å². The van der Waals surface area contributed by atoms with Gasteiger partial charge in [-0.1, -0.05) is 28.1 Å². The fourth-order valence-electron chi connectivity index (χ4n) is 1.97. The van der Waals surface area contributed by atoms with Gasteiger partial charge in [-0.3, -0.25) is 10.1 Å². The predicted molar refractivity (Wildman–Crippen MR) is 99.8 cm³/mol. The minimum atomic E-state index is -0.508. The van der Waals surface area contributed by atoms with E-state index in [1.807, 2.05) is 31.2 Å². The number of ether oxygens (including phenoxy) is 2. The van der Waals surface area contributed by atoms with E-state index in [4.69, 9.17) is 9.47 Å². The Labute approximate surface area is 156 Å². The second kappa shape index (κ2) is 8.84. The van der Waals surface area contributed by atoms with Gasteiger partial charge in [-0.25, -0.2) is 0 Å². The van der Waals surface area contributed by atoms with Crippen LogP contribution >= 0.6 is 31.9 Å². The highest BCUT2D eigenvalue weighted by Gasteiger charge is 2.12. The minimum Gasteiger partial charge on any atom is -0.490 e. The lowest BCUT2D eigenvalue weighted by Gasteiger charge is -2.14. The third-order valence-electron chi connectivity index (χ3n) is 3.02. The molecule has 2 rings (SSSR count). The first-order chi connectivity index (χ1) is 11.5. The zero-order valence-corrected chi connectivity index (χ0v) is 16.0. The van der Waals surface area contributed by atoms with Crippen molar-refractivity contribution in [1.29, 1.82) is 0 Å². The zero-order chi connectivity index (χ0) is 17.5. The molecule has 0 atom stereocenters. The summed E-state index contributed by atoms with van der Waals surface area (Å²) in [5.41, 5.74) is 1.67. The third kappa shape index (κ3) is 5.35. The lowest BCUT2D eigenvalue weighted by molar-refractivity contribution is -0.400. The van der Waals surface area contributed by atoms with E-state index in [0.29, 0.717) is 34.7 Å². The Morgan fingerprint density at radius 1 is 1.17 bits per heavy atom. The van der Waals surface area contributed by atoms with Gasteiger partial charge in [0.2, 0.25) is 6.20 Å². The summed E-state index contributed by atoms with van der Waals surface area (Å²) in [6.07, 6.45) is 2.30. The van der Waals surface area contributed by atoms with Crippen LogP contribution in [0, 0.1) is 10.1 Å². The van der Waals surface area contributed by atoms with Crippen LogP contribution in [0.2, 0.25) is 0 Å². The summed E-state index contributed by atoms with van der Waals surface area (Å²) in [6.45, 7) is 2.71. The second-order valence-corrected chi connectivity index (χ2v) is 6.55. The maximum absolute atomic E-state index is 10.5. The summed E-state index contributed by atoms with van der Waals surface area (Å²) in [6, 6.07) is 11.3. The van der Waals surface area contributed by atoms with Gasteiger partial charge in [-0.2, -0.15) is 0 Å². The van der Waals surface area contributed by atoms with Crippen LogP contribution in [0.15, 0.2) is 51.5 Å². The highest BCUT2D eigenvalue weighted by Crippen LogP contribution is 2.37. The Bertz CT molecular complexity index is 745. The lowest BCUT2D eigenvalue weighted by Crippen LogP contribution is -2.01. The molecule has 24 heavy (non-hydrogen) atoms. The first kappa shape index (κ1) is 18.5. The first-order valence-corrected chi connectivity index (χ1v) is 8.73. The molecule has 0 heterocycles. The van der Waals surface area contributed by atoms with Crippen LogP contribution in [0.1, 0.15) is 18.1 Å². The van der Waals surface area contributed by atoms with E-state index in [0.717, 1.165) is 16.2 Å². The molecule has 0 saturated carbocycles. The molecule has 0 N–H and O–H groups in total. The number of hydrogen-bond acceptors (Lipinski definition) is 4. The van der Waals surface area contributed by atoms with Crippen LogP contribution < -0.4 is 9.47 Å². The average Bonchev–Trinajstić information content (AvgIpc) is 2.54. The number of benzene rings is 2. The summed E-state index contributed by atoms with van der Waals surface area (Å²) in [4.78, 5) is 9.96. The topological polar surface area (TPSA) is 61.6 Å². The Hall–Kier alpha value is -1.86. The van der Waals surface area contributed by atoms with E-state index in [1.165, 1.54) is 6.08 Å². The highest BCUT2D eigenvalue weighted by atomic mass is 79.9. The number of hydrogen-bond donors (Lipinski definition) is 0. The van der Waals surface area contributed by atoms with Crippen LogP contribution in [0.3, 0.4) is 0 Å². The van der Waals surface area contributed by atoms with E-state index in [-0.39, 0.29) is 0 Å². The van der Waals surface area contributed by atoms with Crippen LogP contribution in [0.5, 0.6) is 11.5 Å². The van der Waals surface area contributed by atoms with Crippen LogP contribution in [-0.2, 0) is 6.61 Å². The molecule has 2 aromatic rings. The smallest absolute Gasteiger partial charge is 0.235 e. The van der Waals surface area contributed by atoms with Crippen molar-refractivity contribution in [3.05, 3.63) is 72.8 Å². The quantitative estimate of drug-likeness (QED) is 0.411. The van der Waals surface area contributed by atoms with Crippen molar-refractivity contribution in [2.24, 2.45) is 0 Å². The number of nitrogens with zero attached hydrogens (tertiary/aromatic N) is 1. The minimum absolute atomic E-state index is 0.385. The monoisotopic (exact) mass is 455 g/mol. The summed E-state index contributed by atoms with van der Waals surface area (Å²) in [5, 5.41) is 10.5. The Kier molecular flexibility index (Phi) is 6.81. The van der Waals surface area contributed by atoms with Crippen molar-refractivity contribution in [3.8, 4) is 11.5 Å². The van der Waals surface area contributed by atoms with Gasteiger partial charge in [-0.05, 0) is 58.2 Å². The Balaban J connectivity index is 2.23. The molecular weight excluding hydrogens is 442 g/mol. The fraction of sp³-hybridized carbons (Fsp3) is 0.176. The van der Waals surface area contributed by atoms with Gasteiger partial charge in [0.1, 0.15) is 6.61 Å². The normalized spacial score (nSPS) is 10.8. The molecule has 0 spiro atoms. The molecule has 0 aliphatic carbocycles. The molecular formula is C17H15Br2NO4. The van der Waals surface area contributed by atoms with Crippen LogP contribution in [-0.4, -0.2) is 11.5 Å². The summed E-state index contributed by atoms with van der Waals surface area (Å²) < 4.78 is 13.2. The molecule has 0 amide bonds. The van der Waals surface area contributed by atoms with E-state index in [9.17, 15) is 10.1 Å². The largest absolute Gasteiger partial charge is 0.490 e. The molecule has 0 aliphatic heterocycles. The van der Waals surface area contributed by atoms with Gasteiger partial charge in [0.05, 0.1) is 16.0 Å². The second-order valence-electron chi connectivity index (χ2n) is 4.78. The highest BCUT2D eigenvalue weighted by molar-refractivity contribution is 9.10. The van der Waals surface area contributed by atoms with Gasteiger partial charge in [0.25, 0.3) is 0 Å². The summed E-state index contributed by atoms with van der Waals surface area (Å²) in [5.74, 6) is 1.10. The molecule has 7 heteroatoms. The fourth-order valence-corrected chi connectivity index (χ4v) is 2.81. The van der Waals surface area contributed by atoms with E-state index >= 15 is 0 Å². The SMILES string of the molecule is CCOc1cc(/C=C/[N+](=O)[O-])cc(Br)c1OCc1ccc(Br)cc1. The zero-order valence-electron chi connectivity index (χ0n) is 12.9. The molecule has 0 saturated heterocycles. The molecule has 0 aliphatic rings. The Morgan fingerprint density at radius 2 is 1.88 bits per heavy atom. The third-order valence-corrected chi connectivity index (χ3v) is 4.13. The van der Waals surface area contributed by atoms with E-state index in [1.54, 1.807) is 12.1 Å². The van der Waals surface area contributed by atoms with Crippen molar-refractivity contribution < 1.29 is 14.4 Å². The van der Waals surface area contributed by atoms with Gasteiger partial charge in [0.15, 0.2) is 11.5 Å². The summed E-state index contributed by atoms with van der Waals surface area (Å²) in [7, 11) is 0. The van der Waals surface area contributed by atoms with Crippen molar-refractivity contribution in [3.63, 3.8) is 0 Å². The number of halogens is 2. The molecule has 0 bridgehead atoms.